The fraction of sp³-hybridized carbons (Fsp3) is 0.531. The molecule has 0 aromatic carbocycles. The van der Waals surface area contributed by atoms with Gasteiger partial charge in [0.1, 0.15) is 11.9 Å². The first-order valence-corrected chi connectivity index (χ1v) is 13.6. The van der Waals surface area contributed by atoms with Gasteiger partial charge >= 0.3 is 5.97 Å². The van der Waals surface area contributed by atoms with E-state index in [0.29, 0.717) is 6.42 Å². The van der Waals surface area contributed by atoms with E-state index in [0.717, 1.165) is 38.5 Å². The van der Waals surface area contributed by atoms with E-state index in [1.807, 2.05) is 0 Å². The Morgan fingerprint density at radius 2 is 1.32 bits per heavy atom. The monoisotopic (exact) mass is 529 g/mol. The van der Waals surface area contributed by atoms with Crippen molar-refractivity contribution in [1.82, 2.24) is 5.32 Å². The molecule has 0 heterocycles. The largest absolute Gasteiger partial charge is 0.465 e. The summed E-state index contributed by atoms with van der Waals surface area (Å²) in [7, 11) is 0. The van der Waals surface area contributed by atoms with Crippen molar-refractivity contribution in [1.29, 1.82) is 0 Å². The van der Waals surface area contributed by atoms with Crippen LogP contribution in [-0.2, 0) is 19.1 Å². The van der Waals surface area contributed by atoms with Crippen LogP contribution in [-0.4, -0.2) is 42.0 Å². The van der Waals surface area contributed by atoms with Crippen LogP contribution in [0.5, 0.6) is 0 Å². The molecule has 0 saturated carbocycles. The number of ketones is 1. The Balaban J connectivity index is 0. The number of aliphatic hydroxyl groups excluding tert-OH is 1. The summed E-state index contributed by atoms with van der Waals surface area (Å²) in [6.45, 7) is 13.0. The molecule has 0 unspecified atom stereocenters. The van der Waals surface area contributed by atoms with Crippen molar-refractivity contribution in [3.63, 3.8) is 0 Å². The predicted molar refractivity (Wildman–Crippen MR) is 159 cm³/mol. The Labute approximate surface area is 231 Å². The van der Waals surface area contributed by atoms with Crippen molar-refractivity contribution in [3.8, 4) is 0 Å². The Kier molecular flexibility index (Phi) is 25.1. The SMILES string of the molecule is C=C.CC/C=C\C/C=C\C/C=C\C/C=C\C/C=C\CCCC(=O)OCC(C)(C)[C@@H](O)C(=O)NCCC(C)=O. The number of rotatable bonds is 20. The van der Waals surface area contributed by atoms with Crippen LogP contribution in [0.2, 0.25) is 0 Å². The number of allylic oxidation sites excluding steroid dienone is 10. The molecule has 0 saturated heterocycles. The number of Topliss-reactive ketones (excluding diaryl/α,β-unsaturated/α-hetero) is 1. The molecule has 6 heteroatoms. The number of ether oxygens (including phenoxy) is 1. The van der Waals surface area contributed by atoms with Gasteiger partial charge in [0.05, 0.1) is 6.61 Å². The third-order valence-corrected chi connectivity index (χ3v) is 5.28. The van der Waals surface area contributed by atoms with E-state index in [2.05, 4.69) is 86.2 Å². The molecular weight excluding hydrogens is 478 g/mol. The fourth-order valence-corrected chi connectivity index (χ4v) is 2.96. The molecule has 1 atom stereocenters. The Morgan fingerprint density at radius 3 is 1.79 bits per heavy atom. The van der Waals surface area contributed by atoms with Gasteiger partial charge in [0.25, 0.3) is 0 Å². The zero-order chi connectivity index (χ0) is 29.1. The zero-order valence-electron chi connectivity index (χ0n) is 24.1. The average molecular weight is 530 g/mol. The second-order valence-corrected chi connectivity index (χ2v) is 9.40. The lowest BCUT2D eigenvalue weighted by Crippen LogP contribution is -2.46. The summed E-state index contributed by atoms with van der Waals surface area (Å²) in [4.78, 5) is 35.0. The first-order valence-electron chi connectivity index (χ1n) is 13.6. The maximum atomic E-state index is 12.0. The molecule has 0 spiro atoms. The lowest BCUT2D eigenvalue weighted by atomic mass is 9.87. The van der Waals surface area contributed by atoms with Gasteiger partial charge in [-0.05, 0) is 51.9 Å². The van der Waals surface area contributed by atoms with E-state index in [9.17, 15) is 19.5 Å². The van der Waals surface area contributed by atoms with Crippen molar-refractivity contribution in [2.24, 2.45) is 5.41 Å². The van der Waals surface area contributed by atoms with Gasteiger partial charge in [0.2, 0.25) is 5.91 Å². The van der Waals surface area contributed by atoms with E-state index in [4.69, 9.17) is 4.74 Å². The molecule has 6 nitrogen and oxygen atoms in total. The van der Waals surface area contributed by atoms with Crippen LogP contribution in [0, 0.1) is 5.41 Å². The number of esters is 1. The van der Waals surface area contributed by atoms with Crippen molar-refractivity contribution >= 4 is 17.7 Å². The van der Waals surface area contributed by atoms with E-state index < -0.39 is 17.4 Å². The van der Waals surface area contributed by atoms with Crippen LogP contribution in [0.15, 0.2) is 73.9 Å². The van der Waals surface area contributed by atoms with Gasteiger partial charge in [-0.2, -0.15) is 0 Å². The maximum absolute atomic E-state index is 12.0. The number of amides is 1. The molecule has 0 fully saturated rings. The van der Waals surface area contributed by atoms with Crippen LogP contribution in [0.1, 0.15) is 85.5 Å². The van der Waals surface area contributed by atoms with Gasteiger partial charge < -0.3 is 15.2 Å². The minimum Gasteiger partial charge on any atom is -0.465 e. The number of unbranched alkanes of at least 4 members (excludes halogenated alkanes) is 1. The van der Waals surface area contributed by atoms with Gasteiger partial charge in [-0.3, -0.25) is 14.4 Å². The van der Waals surface area contributed by atoms with Crippen LogP contribution in [0.25, 0.3) is 0 Å². The molecule has 2 N–H and O–H groups in total. The highest BCUT2D eigenvalue weighted by molar-refractivity contribution is 5.82. The number of carbonyl (C=O) groups excluding carboxylic acids is 3. The summed E-state index contributed by atoms with van der Waals surface area (Å²) in [5.41, 5.74) is -0.931. The first-order chi connectivity index (χ1) is 18.2. The molecule has 0 rings (SSSR count). The summed E-state index contributed by atoms with van der Waals surface area (Å²) in [6, 6.07) is 0. The summed E-state index contributed by atoms with van der Waals surface area (Å²) >= 11 is 0. The molecule has 0 aliphatic rings. The quantitative estimate of drug-likeness (QED) is 0.104. The van der Waals surface area contributed by atoms with Crippen LogP contribution < -0.4 is 5.32 Å². The number of carbonyl (C=O) groups is 3. The van der Waals surface area contributed by atoms with E-state index in [1.165, 1.54) is 6.92 Å². The summed E-state index contributed by atoms with van der Waals surface area (Å²) < 4.78 is 5.27. The molecule has 0 bridgehead atoms. The highest BCUT2D eigenvalue weighted by Crippen LogP contribution is 2.22. The number of aliphatic hydroxyl groups is 1. The van der Waals surface area contributed by atoms with Gasteiger partial charge in [-0.15, -0.1) is 13.2 Å². The smallest absolute Gasteiger partial charge is 0.305 e. The standard InChI is InChI=1S/C30H47NO5.C2H4/c1-5-6-7-8-9-10-11-12-13-14-15-16-17-18-19-20-21-22-27(33)36-25-30(3,4)28(34)29(35)31-24-23-26(2)32;1-2/h6-7,9-10,12-13,15-16,18-19,28,34H,5,8,11,14,17,20-25H2,1-4H3,(H,31,35);1-2H2/b7-6-,10-9-,13-12-,16-15-,19-18-;/t28-;/m0./s1. The molecule has 0 aliphatic carbocycles. The molecule has 0 aliphatic heterocycles. The molecule has 0 radical (unpaired) electrons. The third-order valence-electron chi connectivity index (χ3n) is 5.28. The third kappa shape index (κ3) is 23.4. The predicted octanol–water partition coefficient (Wildman–Crippen LogP) is 6.74. The molecule has 1 amide bonds. The van der Waals surface area contributed by atoms with Crippen LogP contribution in [0.3, 0.4) is 0 Å². The highest BCUT2D eigenvalue weighted by Gasteiger charge is 2.34. The normalized spacial score (nSPS) is 12.9. The van der Waals surface area contributed by atoms with Gasteiger partial charge in [-0.25, -0.2) is 0 Å². The van der Waals surface area contributed by atoms with E-state index in [-0.39, 0.29) is 37.7 Å². The van der Waals surface area contributed by atoms with Crippen molar-refractivity contribution < 1.29 is 24.2 Å². The summed E-state index contributed by atoms with van der Waals surface area (Å²) in [6.07, 6.45) is 27.0. The van der Waals surface area contributed by atoms with Crippen molar-refractivity contribution in [3.05, 3.63) is 73.9 Å². The van der Waals surface area contributed by atoms with Gasteiger partial charge in [0, 0.05) is 24.8 Å². The molecule has 0 aromatic rings. The topological polar surface area (TPSA) is 92.7 Å². The number of hydrogen-bond donors (Lipinski definition) is 2. The van der Waals surface area contributed by atoms with Crippen molar-refractivity contribution in [2.45, 2.75) is 91.6 Å². The van der Waals surface area contributed by atoms with E-state index >= 15 is 0 Å². The van der Waals surface area contributed by atoms with Crippen LogP contribution in [0.4, 0.5) is 0 Å². The fourth-order valence-electron chi connectivity index (χ4n) is 2.96. The number of nitrogens with one attached hydrogen (secondary N) is 1. The summed E-state index contributed by atoms with van der Waals surface area (Å²) in [5, 5.41) is 12.8. The van der Waals surface area contributed by atoms with Crippen molar-refractivity contribution in [2.75, 3.05) is 13.2 Å². The first kappa shape index (κ1) is 37.2. The second kappa shape index (κ2) is 25.7. The lowest BCUT2D eigenvalue weighted by Gasteiger charge is -2.29. The van der Waals surface area contributed by atoms with Crippen LogP contribution >= 0.6 is 0 Å². The van der Waals surface area contributed by atoms with Gasteiger partial charge in [0.15, 0.2) is 0 Å². The lowest BCUT2D eigenvalue weighted by molar-refractivity contribution is -0.153. The Morgan fingerprint density at radius 1 is 0.842 bits per heavy atom. The average Bonchev–Trinajstić information content (AvgIpc) is 2.89. The highest BCUT2D eigenvalue weighted by atomic mass is 16.5. The molecule has 214 valence electrons. The minimum absolute atomic E-state index is 0.0393. The van der Waals surface area contributed by atoms with E-state index in [1.54, 1.807) is 13.8 Å². The summed E-state index contributed by atoms with van der Waals surface area (Å²) in [5.74, 6) is -0.960. The Hall–Kier alpha value is -2.99. The molecule has 0 aromatic heterocycles. The zero-order valence-corrected chi connectivity index (χ0v) is 24.1. The molecular formula is C32H51NO5. The Bertz CT molecular complexity index is 790. The maximum Gasteiger partial charge on any atom is 0.305 e. The molecule has 38 heavy (non-hydrogen) atoms. The minimum atomic E-state index is -1.33. The number of hydrogen-bond acceptors (Lipinski definition) is 5. The second-order valence-electron chi connectivity index (χ2n) is 9.40. The van der Waals surface area contributed by atoms with Gasteiger partial charge in [-0.1, -0.05) is 81.5 Å².